The first kappa shape index (κ1) is 30.7. The number of benzene rings is 2. The second-order valence-corrected chi connectivity index (χ2v) is 10.2. The molecule has 1 aromatic heterocycles. The minimum absolute atomic E-state index is 0.0883. The summed E-state index contributed by atoms with van der Waals surface area (Å²) in [4.78, 5) is 13.3. The lowest BCUT2D eigenvalue weighted by Crippen LogP contribution is -2.60. The molecule has 43 heavy (non-hydrogen) atoms. The standard InChI is InChI=1S/C27H30O16/c1-8-15(31)18(34)20(36)26(39-8)42-24-17(33)14-11(30)6-12(9-2-4-10(29)5-3-9)40-23(14)25(22(24)38)43-27-21(37)19(35)16(32)13(7-28)41-27/h2-6,8,13,15-16,18-21,26-29,31-38H,7H2,1H3/t8-,13-,15-,16-,18+,19-,20+,21+,26+,27+/m1/s1. The first-order chi connectivity index (χ1) is 20.3. The van der Waals surface area contributed by atoms with Crippen LogP contribution in [-0.4, -0.2) is 119 Å². The van der Waals surface area contributed by atoms with Crippen molar-refractivity contribution in [2.75, 3.05) is 6.61 Å². The molecular weight excluding hydrogens is 580 g/mol. The molecule has 0 bridgehead atoms. The molecule has 10 N–H and O–H groups in total. The molecule has 0 aliphatic carbocycles. The first-order valence-electron chi connectivity index (χ1n) is 13.0. The number of aliphatic hydroxyl groups excluding tert-OH is 7. The Balaban J connectivity index is 1.67. The van der Waals surface area contributed by atoms with Crippen molar-refractivity contribution >= 4 is 11.0 Å². The van der Waals surface area contributed by atoms with E-state index >= 15 is 0 Å². The number of fused-ring (bicyclic) bond motifs is 1. The fourth-order valence-electron chi connectivity index (χ4n) is 4.81. The van der Waals surface area contributed by atoms with Gasteiger partial charge in [0.2, 0.25) is 29.8 Å². The van der Waals surface area contributed by atoms with E-state index in [0.29, 0.717) is 0 Å². The van der Waals surface area contributed by atoms with E-state index < -0.39 is 107 Å². The van der Waals surface area contributed by atoms with E-state index in [1.807, 2.05) is 0 Å². The fourth-order valence-corrected chi connectivity index (χ4v) is 4.81. The third kappa shape index (κ3) is 5.44. The molecule has 2 aromatic carbocycles. The van der Waals surface area contributed by atoms with Crippen molar-refractivity contribution in [1.29, 1.82) is 0 Å². The summed E-state index contributed by atoms with van der Waals surface area (Å²) in [6, 6.07) is 6.38. The Morgan fingerprint density at radius 3 is 1.95 bits per heavy atom. The third-order valence-electron chi connectivity index (χ3n) is 7.31. The second kappa shape index (κ2) is 11.8. The molecule has 10 atom stereocenters. The lowest BCUT2D eigenvalue weighted by atomic mass is 9.99. The van der Waals surface area contributed by atoms with Crippen LogP contribution in [0.2, 0.25) is 0 Å². The van der Waals surface area contributed by atoms with E-state index in [4.69, 9.17) is 23.4 Å². The van der Waals surface area contributed by atoms with Crippen molar-refractivity contribution in [1.82, 2.24) is 0 Å². The monoisotopic (exact) mass is 610 g/mol. The van der Waals surface area contributed by atoms with Crippen LogP contribution >= 0.6 is 0 Å². The summed E-state index contributed by atoms with van der Waals surface area (Å²) in [5.74, 6) is -4.00. The van der Waals surface area contributed by atoms with Gasteiger partial charge in [0.25, 0.3) is 0 Å². The van der Waals surface area contributed by atoms with Gasteiger partial charge in [-0.1, -0.05) is 0 Å². The predicted octanol–water partition coefficient (Wildman–Crippen LogP) is -2.04. The van der Waals surface area contributed by atoms with Crippen molar-refractivity contribution in [3.63, 3.8) is 0 Å². The van der Waals surface area contributed by atoms with Gasteiger partial charge in [-0.25, -0.2) is 0 Å². The molecule has 0 saturated carbocycles. The Kier molecular flexibility index (Phi) is 8.41. The minimum atomic E-state index is -1.97. The van der Waals surface area contributed by atoms with Crippen LogP contribution in [-0.2, 0) is 9.47 Å². The maximum atomic E-state index is 13.3. The molecule has 2 aliphatic rings. The maximum Gasteiger partial charge on any atom is 0.229 e. The molecule has 16 nitrogen and oxygen atoms in total. The molecule has 0 radical (unpaired) electrons. The summed E-state index contributed by atoms with van der Waals surface area (Å²) < 4.78 is 27.7. The average Bonchev–Trinajstić information content (AvgIpc) is 2.98. The highest BCUT2D eigenvalue weighted by Gasteiger charge is 2.47. The van der Waals surface area contributed by atoms with E-state index in [1.165, 1.54) is 31.2 Å². The van der Waals surface area contributed by atoms with Crippen LogP contribution in [0.3, 0.4) is 0 Å². The van der Waals surface area contributed by atoms with E-state index in [0.717, 1.165) is 6.07 Å². The Hall–Kier alpha value is -3.71. The molecule has 2 saturated heterocycles. The van der Waals surface area contributed by atoms with Gasteiger partial charge in [-0.3, -0.25) is 4.79 Å². The third-order valence-corrected chi connectivity index (χ3v) is 7.31. The zero-order valence-electron chi connectivity index (χ0n) is 22.3. The van der Waals surface area contributed by atoms with Gasteiger partial charge in [0.15, 0.2) is 16.8 Å². The summed E-state index contributed by atoms with van der Waals surface area (Å²) >= 11 is 0. The molecule has 3 aromatic rings. The molecule has 16 heteroatoms. The van der Waals surface area contributed by atoms with Crippen molar-refractivity contribution in [3.05, 3.63) is 40.6 Å². The Bertz CT molecular complexity index is 1520. The number of phenolic OH excluding ortho intramolecular Hbond substituents is 3. The van der Waals surface area contributed by atoms with Gasteiger partial charge in [0.1, 0.15) is 59.6 Å². The van der Waals surface area contributed by atoms with Crippen LogP contribution in [0, 0.1) is 0 Å². The second-order valence-electron chi connectivity index (χ2n) is 10.2. The number of phenols is 3. The topological polar surface area (TPSA) is 269 Å². The molecule has 5 rings (SSSR count). The van der Waals surface area contributed by atoms with Gasteiger partial charge in [0, 0.05) is 11.6 Å². The van der Waals surface area contributed by atoms with Gasteiger partial charge >= 0.3 is 0 Å². The zero-order chi connectivity index (χ0) is 31.3. The van der Waals surface area contributed by atoms with E-state index in [2.05, 4.69) is 0 Å². The largest absolute Gasteiger partial charge is 0.508 e. The number of aromatic hydroxyl groups is 3. The highest BCUT2D eigenvalue weighted by atomic mass is 16.7. The van der Waals surface area contributed by atoms with Crippen LogP contribution in [0.4, 0.5) is 0 Å². The Morgan fingerprint density at radius 2 is 1.33 bits per heavy atom. The Labute approximate surface area is 241 Å². The maximum absolute atomic E-state index is 13.3. The van der Waals surface area contributed by atoms with Gasteiger partial charge in [-0.05, 0) is 31.2 Å². The lowest BCUT2D eigenvalue weighted by Gasteiger charge is -2.40. The highest BCUT2D eigenvalue weighted by Crippen LogP contribution is 2.51. The number of hydrogen-bond acceptors (Lipinski definition) is 16. The van der Waals surface area contributed by atoms with Gasteiger partial charge in [0.05, 0.1) is 12.7 Å². The quantitative estimate of drug-likeness (QED) is 0.144. The van der Waals surface area contributed by atoms with Crippen molar-refractivity contribution < 1.29 is 74.4 Å². The molecule has 2 fully saturated rings. The molecule has 0 spiro atoms. The van der Waals surface area contributed by atoms with Crippen LogP contribution in [0.25, 0.3) is 22.3 Å². The molecule has 0 unspecified atom stereocenters. The number of rotatable bonds is 6. The highest BCUT2D eigenvalue weighted by molar-refractivity contribution is 5.95. The van der Waals surface area contributed by atoms with E-state index in [9.17, 15) is 55.9 Å². The van der Waals surface area contributed by atoms with Crippen LogP contribution < -0.4 is 14.9 Å². The summed E-state index contributed by atoms with van der Waals surface area (Å²) in [5.41, 5.74) is -1.24. The minimum Gasteiger partial charge on any atom is -0.508 e. The van der Waals surface area contributed by atoms with Crippen molar-refractivity contribution in [2.45, 2.75) is 68.3 Å². The van der Waals surface area contributed by atoms with E-state index in [-0.39, 0.29) is 17.1 Å². The zero-order valence-corrected chi connectivity index (χ0v) is 22.3. The fraction of sp³-hybridized carbons (Fsp3) is 0.444. The van der Waals surface area contributed by atoms with Crippen LogP contribution in [0.15, 0.2) is 39.5 Å². The molecule has 0 amide bonds. The molecular formula is C27H30O16. The van der Waals surface area contributed by atoms with Gasteiger partial charge in [-0.15, -0.1) is 0 Å². The first-order valence-corrected chi connectivity index (χ1v) is 13.0. The van der Waals surface area contributed by atoms with Gasteiger partial charge in [-0.2, -0.15) is 0 Å². The molecule has 2 aliphatic heterocycles. The number of aliphatic hydroxyl groups is 7. The van der Waals surface area contributed by atoms with Crippen molar-refractivity contribution in [2.24, 2.45) is 0 Å². The lowest BCUT2D eigenvalue weighted by molar-refractivity contribution is -0.277. The van der Waals surface area contributed by atoms with Crippen molar-refractivity contribution in [3.8, 4) is 40.1 Å². The Morgan fingerprint density at radius 1 is 0.744 bits per heavy atom. The predicted molar refractivity (Wildman–Crippen MR) is 140 cm³/mol. The summed E-state index contributed by atoms with van der Waals surface area (Å²) in [6.07, 6.45) is -17.0. The molecule has 234 valence electrons. The SMILES string of the molecule is C[C@H]1O[C@@H](Oc2c(O)c(O[C@@H]3O[C@H](CO)[C@@H](O)[C@@H](O)[C@@H]3O)c3oc(-c4ccc(O)cc4)cc(=O)c3c2O)[C@@H](O)[C@@H](O)[C@@H]1O. The normalized spacial score (nSPS) is 32.9. The van der Waals surface area contributed by atoms with Gasteiger partial charge < -0.3 is 74.4 Å². The number of hydrogen-bond donors (Lipinski definition) is 10. The average molecular weight is 611 g/mol. The molecule has 3 heterocycles. The van der Waals surface area contributed by atoms with Crippen LogP contribution in [0.1, 0.15) is 6.92 Å². The van der Waals surface area contributed by atoms with Crippen LogP contribution in [0.5, 0.6) is 28.7 Å². The number of ether oxygens (including phenoxy) is 4. The summed E-state index contributed by atoms with van der Waals surface area (Å²) in [7, 11) is 0. The summed E-state index contributed by atoms with van der Waals surface area (Å²) in [5, 5.41) is 102. The smallest absolute Gasteiger partial charge is 0.229 e. The summed E-state index contributed by atoms with van der Waals surface area (Å²) in [6.45, 7) is 0.536. The van der Waals surface area contributed by atoms with E-state index in [1.54, 1.807) is 0 Å².